The third kappa shape index (κ3) is 6.77. The number of hydrogen-bond donors (Lipinski definition) is 2. The average Bonchev–Trinajstić information content (AvgIpc) is 2.86. The molecule has 39 heavy (non-hydrogen) atoms. The van der Waals surface area contributed by atoms with Gasteiger partial charge in [0, 0.05) is 17.3 Å². The summed E-state index contributed by atoms with van der Waals surface area (Å²) in [5.74, 6) is 1.89. The third-order valence-corrected chi connectivity index (χ3v) is 6.76. The fourth-order valence-corrected chi connectivity index (χ4v) is 4.63. The molecule has 0 aromatic heterocycles. The Bertz CT molecular complexity index is 1400. The summed E-state index contributed by atoms with van der Waals surface area (Å²) in [5.41, 5.74) is 1.23. The second kappa shape index (κ2) is 11.6. The number of nitrogens with one attached hydrogen (secondary N) is 2. The molecule has 1 aliphatic rings. The molecule has 0 aliphatic heterocycles. The Morgan fingerprint density at radius 3 is 2.26 bits per heavy atom. The maximum absolute atomic E-state index is 14.0. The molecule has 1 aliphatic carbocycles. The number of carbonyl (C=O) groups excluding carboxylic acids is 3. The predicted octanol–water partition coefficient (Wildman–Crippen LogP) is 5.80. The van der Waals surface area contributed by atoms with Gasteiger partial charge in [0.1, 0.15) is 17.7 Å². The number of anilines is 1. The number of fused-ring (bicyclic) bond motifs is 1. The zero-order valence-corrected chi connectivity index (χ0v) is 22.9. The first-order valence-electron chi connectivity index (χ1n) is 13.2. The molecule has 2 N–H and O–H groups in total. The van der Waals surface area contributed by atoms with Crippen molar-refractivity contribution in [3.63, 3.8) is 0 Å². The number of alkyl carbamates (subject to hydrolysis) is 1. The summed E-state index contributed by atoms with van der Waals surface area (Å²) in [4.78, 5) is 41.9. The Labute approximate surface area is 229 Å². The number of benzene rings is 3. The van der Waals surface area contributed by atoms with E-state index in [-0.39, 0.29) is 17.9 Å². The minimum Gasteiger partial charge on any atom is -0.444 e. The Morgan fingerprint density at radius 1 is 1.00 bits per heavy atom. The van der Waals surface area contributed by atoms with Crippen molar-refractivity contribution in [3.8, 4) is 12.3 Å². The molecule has 0 spiro atoms. The number of nitrogens with zero attached hydrogens (tertiary/aromatic N) is 1. The highest BCUT2D eigenvalue weighted by molar-refractivity contribution is 6.00. The lowest BCUT2D eigenvalue weighted by molar-refractivity contribution is -0.145. The predicted molar refractivity (Wildman–Crippen MR) is 153 cm³/mol. The maximum Gasteiger partial charge on any atom is 0.408 e. The van der Waals surface area contributed by atoms with E-state index in [4.69, 9.17) is 11.2 Å². The number of rotatable bonds is 7. The summed E-state index contributed by atoms with van der Waals surface area (Å²) in [5, 5.41) is 7.72. The average molecular weight is 526 g/mol. The van der Waals surface area contributed by atoms with Gasteiger partial charge >= 0.3 is 6.09 Å². The van der Waals surface area contributed by atoms with Crippen LogP contribution in [0.1, 0.15) is 64.1 Å². The highest BCUT2D eigenvalue weighted by Crippen LogP contribution is 2.34. The van der Waals surface area contributed by atoms with Gasteiger partial charge in [0.2, 0.25) is 5.91 Å². The van der Waals surface area contributed by atoms with Gasteiger partial charge in [-0.2, -0.15) is 0 Å². The van der Waals surface area contributed by atoms with Crippen LogP contribution in [0.3, 0.4) is 0 Å². The lowest BCUT2D eigenvalue weighted by Gasteiger charge is -2.43. The van der Waals surface area contributed by atoms with E-state index in [2.05, 4.69) is 16.6 Å². The minimum atomic E-state index is -0.927. The molecule has 3 aromatic carbocycles. The van der Waals surface area contributed by atoms with E-state index in [1.807, 2.05) is 42.5 Å². The quantitative estimate of drug-likeness (QED) is 0.382. The molecule has 1 fully saturated rings. The SMILES string of the molecule is C#Cc1ccc(C(C(=O)Nc2ccc3ccccc3c2)N(C(=O)C(C)NC(=O)OC(C)(C)C)C2CCC2)cc1. The van der Waals surface area contributed by atoms with Crippen LogP contribution in [0.25, 0.3) is 10.8 Å². The maximum atomic E-state index is 14.0. The molecular formula is C32H35N3O4. The molecule has 0 saturated heterocycles. The van der Waals surface area contributed by atoms with Crippen molar-refractivity contribution in [2.24, 2.45) is 0 Å². The first kappa shape index (κ1) is 27.7. The van der Waals surface area contributed by atoms with Crippen LogP contribution < -0.4 is 10.6 Å². The Kier molecular flexibility index (Phi) is 8.25. The molecule has 2 unspecified atom stereocenters. The highest BCUT2D eigenvalue weighted by atomic mass is 16.6. The van der Waals surface area contributed by atoms with Gasteiger partial charge in [-0.1, -0.05) is 48.4 Å². The number of ether oxygens (including phenoxy) is 1. The van der Waals surface area contributed by atoms with E-state index in [1.54, 1.807) is 56.9 Å². The molecular weight excluding hydrogens is 490 g/mol. The van der Waals surface area contributed by atoms with Crippen LogP contribution in [-0.2, 0) is 14.3 Å². The topological polar surface area (TPSA) is 87.7 Å². The molecule has 3 amide bonds. The van der Waals surface area contributed by atoms with E-state index in [0.29, 0.717) is 16.8 Å². The van der Waals surface area contributed by atoms with Crippen LogP contribution in [0.15, 0.2) is 66.7 Å². The monoisotopic (exact) mass is 525 g/mol. The van der Waals surface area contributed by atoms with Crippen LogP contribution in [0.5, 0.6) is 0 Å². The lowest BCUT2D eigenvalue weighted by atomic mass is 9.88. The van der Waals surface area contributed by atoms with Crippen molar-refractivity contribution in [1.82, 2.24) is 10.2 Å². The van der Waals surface area contributed by atoms with Gasteiger partial charge in [-0.15, -0.1) is 6.42 Å². The summed E-state index contributed by atoms with van der Waals surface area (Å²) in [6, 6.07) is 18.7. The van der Waals surface area contributed by atoms with Gasteiger partial charge < -0.3 is 20.3 Å². The number of carbonyl (C=O) groups is 3. The van der Waals surface area contributed by atoms with Crippen molar-refractivity contribution < 1.29 is 19.1 Å². The summed E-state index contributed by atoms with van der Waals surface area (Å²) in [7, 11) is 0. The van der Waals surface area contributed by atoms with Gasteiger partial charge in [-0.25, -0.2) is 4.79 Å². The zero-order chi connectivity index (χ0) is 28.2. The van der Waals surface area contributed by atoms with Gasteiger partial charge in [-0.05, 0) is 87.6 Å². The Balaban J connectivity index is 1.67. The second-order valence-electron chi connectivity index (χ2n) is 10.9. The molecule has 0 radical (unpaired) electrons. The molecule has 3 aromatic rings. The van der Waals surface area contributed by atoms with Gasteiger partial charge in [0.15, 0.2) is 0 Å². The van der Waals surface area contributed by atoms with Gasteiger partial charge in [0.25, 0.3) is 5.91 Å². The van der Waals surface area contributed by atoms with Crippen LogP contribution in [-0.4, -0.2) is 40.5 Å². The van der Waals surface area contributed by atoms with Crippen LogP contribution in [0, 0.1) is 12.3 Å². The molecule has 7 nitrogen and oxygen atoms in total. The third-order valence-electron chi connectivity index (χ3n) is 6.76. The first-order chi connectivity index (χ1) is 18.6. The Hall–Kier alpha value is -4.31. The van der Waals surface area contributed by atoms with Crippen LogP contribution in [0.2, 0.25) is 0 Å². The molecule has 0 heterocycles. The minimum absolute atomic E-state index is 0.139. The summed E-state index contributed by atoms with van der Waals surface area (Å²) < 4.78 is 5.35. The normalized spacial score (nSPS) is 14.8. The molecule has 4 rings (SSSR count). The van der Waals surface area contributed by atoms with Crippen molar-refractivity contribution in [2.45, 2.75) is 70.7 Å². The molecule has 1 saturated carbocycles. The smallest absolute Gasteiger partial charge is 0.408 e. The summed E-state index contributed by atoms with van der Waals surface area (Å²) >= 11 is 0. The summed E-state index contributed by atoms with van der Waals surface area (Å²) in [6.45, 7) is 6.88. The standard InChI is InChI=1S/C32H35N3O4/c1-6-22-14-16-24(17-15-22)28(29(36)34-26-19-18-23-10-7-8-11-25(23)20-26)35(27-12-9-13-27)30(37)21(2)33-31(38)39-32(3,4)5/h1,7-8,10-11,14-21,27-28H,9,12-13H2,2-5H3,(H,33,38)(H,34,36). The first-order valence-corrected chi connectivity index (χ1v) is 13.2. The molecule has 202 valence electrons. The van der Waals surface area contributed by atoms with Crippen molar-refractivity contribution in [2.75, 3.05) is 5.32 Å². The van der Waals surface area contributed by atoms with Crippen LogP contribution in [0.4, 0.5) is 10.5 Å². The van der Waals surface area contributed by atoms with Gasteiger partial charge in [-0.3, -0.25) is 9.59 Å². The second-order valence-corrected chi connectivity index (χ2v) is 10.9. The van der Waals surface area contributed by atoms with Crippen LogP contribution >= 0.6 is 0 Å². The molecule has 0 bridgehead atoms. The summed E-state index contributed by atoms with van der Waals surface area (Å²) in [6.07, 6.45) is 7.36. The van der Waals surface area contributed by atoms with E-state index < -0.39 is 23.8 Å². The Morgan fingerprint density at radius 2 is 1.67 bits per heavy atom. The largest absolute Gasteiger partial charge is 0.444 e. The highest BCUT2D eigenvalue weighted by Gasteiger charge is 2.41. The van der Waals surface area contributed by atoms with Gasteiger partial charge in [0.05, 0.1) is 0 Å². The molecule has 7 heteroatoms. The number of amides is 3. The zero-order valence-electron chi connectivity index (χ0n) is 22.9. The fraction of sp³-hybridized carbons (Fsp3) is 0.344. The van der Waals surface area contributed by atoms with E-state index in [1.165, 1.54) is 0 Å². The number of hydrogen-bond acceptors (Lipinski definition) is 4. The van der Waals surface area contributed by atoms with Crippen molar-refractivity contribution >= 4 is 34.4 Å². The number of terminal acetylenes is 1. The van der Waals surface area contributed by atoms with E-state index >= 15 is 0 Å². The lowest BCUT2D eigenvalue weighted by Crippen LogP contribution is -2.56. The fourth-order valence-electron chi connectivity index (χ4n) is 4.63. The van der Waals surface area contributed by atoms with Crippen molar-refractivity contribution in [3.05, 3.63) is 77.9 Å². The van der Waals surface area contributed by atoms with E-state index in [0.717, 1.165) is 30.0 Å². The van der Waals surface area contributed by atoms with E-state index in [9.17, 15) is 14.4 Å². The van der Waals surface area contributed by atoms with Crippen molar-refractivity contribution in [1.29, 1.82) is 0 Å². The molecule has 2 atom stereocenters.